The predicted octanol–water partition coefficient (Wildman–Crippen LogP) is 18.6. The molecule has 350 valence electrons. The van der Waals surface area contributed by atoms with Gasteiger partial charge in [0.25, 0.3) is 0 Å². The van der Waals surface area contributed by atoms with Gasteiger partial charge in [-0.2, -0.15) is 0 Å². The molecule has 16 rings (SSSR count). The van der Waals surface area contributed by atoms with Gasteiger partial charge in [-0.25, -0.2) is 0 Å². The Morgan fingerprint density at radius 1 is 0.306 bits per heavy atom. The third kappa shape index (κ3) is 5.84. The van der Waals surface area contributed by atoms with Crippen molar-refractivity contribution in [2.45, 2.75) is 76.0 Å². The van der Waals surface area contributed by atoms with Gasteiger partial charge in [0.1, 0.15) is 0 Å². The zero-order valence-electron chi connectivity index (χ0n) is 41.9. The van der Waals surface area contributed by atoms with Crippen molar-refractivity contribution in [3.8, 4) is 44.5 Å². The average Bonchev–Trinajstić information content (AvgIpc) is 3.92. The minimum Gasteiger partial charge on any atom is -0.310 e. The van der Waals surface area contributed by atoms with Crippen LogP contribution in [-0.4, -0.2) is 0 Å². The van der Waals surface area contributed by atoms with E-state index in [0.29, 0.717) is 11.8 Å². The molecule has 2 heteroatoms. The Balaban J connectivity index is 0.887. The molecule has 0 atom stereocenters. The summed E-state index contributed by atoms with van der Waals surface area (Å²) in [5, 5.41) is 0. The van der Waals surface area contributed by atoms with Crippen molar-refractivity contribution in [2.24, 2.45) is 23.7 Å². The van der Waals surface area contributed by atoms with E-state index in [4.69, 9.17) is 0 Å². The fourth-order valence-corrected chi connectivity index (χ4v) is 16.1. The zero-order valence-corrected chi connectivity index (χ0v) is 41.9. The van der Waals surface area contributed by atoms with Crippen LogP contribution in [-0.2, 0) is 16.2 Å². The van der Waals surface area contributed by atoms with E-state index in [0.717, 1.165) is 17.5 Å². The fraction of sp³-hybridized carbons (Fsp3) is 0.229. The second kappa shape index (κ2) is 15.3. The molecular formula is C70H60N2. The van der Waals surface area contributed by atoms with Crippen molar-refractivity contribution in [2.75, 3.05) is 9.80 Å². The molecule has 4 bridgehead atoms. The molecule has 0 N–H and O–H groups in total. The largest absolute Gasteiger partial charge is 0.310 e. The van der Waals surface area contributed by atoms with Gasteiger partial charge in [0.15, 0.2) is 0 Å². The van der Waals surface area contributed by atoms with Crippen molar-refractivity contribution in [1.29, 1.82) is 0 Å². The third-order valence-corrected chi connectivity index (χ3v) is 19.0. The number of para-hydroxylation sites is 3. The van der Waals surface area contributed by atoms with Crippen LogP contribution < -0.4 is 9.80 Å². The van der Waals surface area contributed by atoms with Crippen LogP contribution >= 0.6 is 0 Å². The van der Waals surface area contributed by atoms with Gasteiger partial charge in [-0.1, -0.05) is 161 Å². The fourth-order valence-electron chi connectivity index (χ4n) is 16.1. The second-order valence-corrected chi connectivity index (χ2v) is 23.3. The van der Waals surface area contributed by atoms with Crippen LogP contribution in [0.5, 0.6) is 0 Å². The van der Waals surface area contributed by atoms with Gasteiger partial charge in [-0.15, -0.1) is 0 Å². The van der Waals surface area contributed by atoms with Gasteiger partial charge in [-0.3, -0.25) is 0 Å². The first-order valence-electron chi connectivity index (χ1n) is 26.8. The van der Waals surface area contributed by atoms with Gasteiger partial charge in [-0.05, 0) is 201 Å². The second-order valence-electron chi connectivity index (χ2n) is 23.3. The van der Waals surface area contributed by atoms with Crippen molar-refractivity contribution in [3.63, 3.8) is 0 Å². The van der Waals surface area contributed by atoms with Gasteiger partial charge in [0.2, 0.25) is 0 Å². The average molecular weight is 929 g/mol. The smallest absolute Gasteiger partial charge is 0.0540 e. The molecule has 2 nitrogen and oxygen atoms in total. The quantitative estimate of drug-likeness (QED) is 0.157. The first kappa shape index (κ1) is 42.3. The number of hydrogen-bond acceptors (Lipinski definition) is 2. The predicted molar refractivity (Wildman–Crippen MR) is 300 cm³/mol. The van der Waals surface area contributed by atoms with Crippen molar-refractivity contribution < 1.29 is 0 Å². The molecule has 9 aromatic rings. The highest BCUT2D eigenvalue weighted by molar-refractivity contribution is 5.94. The molecule has 1 spiro atoms. The van der Waals surface area contributed by atoms with Gasteiger partial charge in [0.05, 0.1) is 5.69 Å². The van der Waals surface area contributed by atoms with E-state index in [2.05, 4.69) is 244 Å². The molecule has 7 aliphatic rings. The van der Waals surface area contributed by atoms with E-state index in [-0.39, 0.29) is 16.2 Å². The zero-order chi connectivity index (χ0) is 48.1. The number of fused-ring (bicyclic) bond motifs is 9. The third-order valence-electron chi connectivity index (χ3n) is 19.0. The van der Waals surface area contributed by atoms with E-state index >= 15 is 0 Å². The van der Waals surface area contributed by atoms with Crippen LogP contribution in [0, 0.1) is 23.7 Å². The number of rotatable bonds is 7. The first-order chi connectivity index (χ1) is 35.2. The Labute approximate surface area is 425 Å². The summed E-state index contributed by atoms with van der Waals surface area (Å²) in [6.07, 6.45) is 6.76. The van der Waals surface area contributed by atoms with Gasteiger partial charge in [0, 0.05) is 50.2 Å². The summed E-state index contributed by atoms with van der Waals surface area (Å²) < 4.78 is 0. The maximum Gasteiger partial charge on any atom is 0.0540 e. The standard InChI is InChI=1S/C70H60N2/c1-68(2)61-24-14-11-22-55(61)57-32-28-51(41-63(57)68)71(49-17-7-5-8-18-49)52-29-34-60-59-31-27-46(40-65(59)70(66(60)43-52)47-36-44-35-45(38-47)39-48(70)37-44)54-21-13-16-26-67(54)72(50-19-9-6-10-20-50)53-30-33-58-56-23-12-15-25-62(56)69(3,4)64(58)42-53/h5-34,40-45,47-48H,35-39H2,1-4H3. The van der Waals surface area contributed by atoms with E-state index in [1.807, 2.05) is 0 Å². The van der Waals surface area contributed by atoms with E-state index < -0.39 is 0 Å². The van der Waals surface area contributed by atoms with Crippen LogP contribution in [0.3, 0.4) is 0 Å². The summed E-state index contributed by atoms with van der Waals surface area (Å²) >= 11 is 0. The highest BCUT2D eigenvalue weighted by Crippen LogP contribution is 2.70. The molecule has 0 radical (unpaired) electrons. The Bertz CT molecular complexity index is 3640. The lowest BCUT2D eigenvalue weighted by atomic mass is 9.43. The molecular weight excluding hydrogens is 869 g/mol. The number of hydrogen-bond donors (Lipinski definition) is 0. The molecule has 0 heterocycles. The number of benzene rings is 9. The molecule has 0 saturated heterocycles. The van der Waals surface area contributed by atoms with Crippen LogP contribution in [0.2, 0.25) is 0 Å². The Hall–Kier alpha value is -7.42. The van der Waals surface area contributed by atoms with Crippen LogP contribution in [0.4, 0.5) is 34.1 Å². The molecule has 4 fully saturated rings. The lowest BCUT2D eigenvalue weighted by Gasteiger charge is -2.61. The summed E-state index contributed by atoms with van der Waals surface area (Å²) in [5.74, 6) is 2.95. The normalized spacial score (nSPS) is 22.4. The molecule has 7 aliphatic carbocycles. The van der Waals surface area contributed by atoms with Gasteiger partial charge >= 0.3 is 0 Å². The minimum atomic E-state index is -0.103. The van der Waals surface area contributed by atoms with Crippen LogP contribution in [0.15, 0.2) is 206 Å². The highest BCUT2D eigenvalue weighted by Gasteiger charge is 2.61. The summed E-state index contributed by atoms with van der Waals surface area (Å²) in [6.45, 7) is 9.57. The summed E-state index contributed by atoms with van der Waals surface area (Å²) in [7, 11) is 0. The molecule has 0 amide bonds. The lowest BCUT2D eigenvalue weighted by molar-refractivity contribution is -0.0399. The van der Waals surface area contributed by atoms with Gasteiger partial charge < -0.3 is 9.80 Å². The Morgan fingerprint density at radius 2 is 0.694 bits per heavy atom. The van der Waals surface area contributed by atoms with E-state index in [1.165, 1.54) is 127 Å². The van der Waals surface area contributed by atoms with E-state index in [9.17, 15) is 0 Å². The summed E-state index contributed by atoms with van der Waals surface area (Å²) in [6, 6.07) is 79.0. The van der Waals surface area contributed by atoms with Crippen LogP contribution in [0.1, 0.15) is 93.2 Å². The molecule has 72 heavy (non-hydrogen) atoms. The monoisotopic (exact) mass is 928 g/mol. The van der Waals surface area contributed by atoms with Crippen molar-refractivity contribution in [3.05, 3.63) is 240 Å². The molecule has 4 saturated carbocycles. The highest BCUT2D eigenvalue weighted by atomic mass is 15.1. The van der Waals surface area contributed by atoms with Crippen molar-refractivity contribution in [1.82, 2.24) is 0 Å². The van der Waals surface area contributed by atoms with E-state index in [1.54, 1.807) is 11.1 Å². The molecule has 0 aliphatic heterocycles. The topological polar surface area (TPSA) is 6.48 Å². The van der Waals surface area contributed by atoms with Crippen LogP contribution in [0.25, 0.3) is 44.5 Å². The summed E-state index contributed by atoms with van der Waals surface area (Å²) in [5.41, 5.74) is 26.6. The molecule has 0 aromatic heterocycles. The summed E-state index contributed by atoms with van der Waals surface area (Å²) in [4.78, 5) is 5.06. The first-order valence-corrected chi connectivity index (χ1v) is 26.8. The Morgan fingerprint density at radius 3 is 1.24 bits per heavy atom. The lowest BCUT2D eigenvalue weighted by Crippen LogP contribution is -2.55. The maximum absolute atomic E-state index is 2.68. The van der Waals surface area contributed by atoms with Crippen molar-refractivity contribution >= 4 is 34.1 Å². The molecule has 9 aromatic carbocycles. The Kier molecular flexibility index (Phi) is 8.98. The minimum absolute atomic E-state index is 0.0390. The SMILES string of the molecule is CC1(C)c2ccccc2-c2ccc(N(c3ccccc3)c3ccc4c(c3)C3(c5cc(-c6ccccc6N(c6ccccc6)c6ccc7c(c6)C(C)(C)c6ccccc6-7)ccc5-4)C4CC5CC(C4)CC3C5)cc21. The number of nitrogens with zero attached hydrogens (tertiary/aromatic N) is 2. The number of anilines is 6. The molecule has 0 unspecified atom stereocenters. The maximum atomic E-state index is 2.68.